The highest BCUT2D eigenvalue weighted by atomic mass is 32.2. The van der Waals surface area contributed by atoms with Crippen molar-refractivity contribution in [1.82, 2.24) is 10.3 Å². The van der Waals surface area contributed by atoms with Crippen LogP contribution in [0.2, 0.25) is 0 Å². The average Bonchev–Trinajstić information content (AvgIpc) is 2.77. The first-order valence-corrected chi connectivity index (χ1v) is 8.87. The van der Waals surface area contributed by atoms with Crippen LogP contribution >= 0.6 is 12.2 Å². The number of hydrogen-bond acceptors (Lipinski definition) is 4. The lowest BCUT2D eigenvalue weighted by Crippen LogP contribution is -2.38. The Morgan fingerprint density at radius 1 is 1.33 bits per heavy atom. The average molecular weight is 321 g/mol. The second kappa shape index (κ2) is 5.57. The minimum Gasteiger partial charge on any atom is -0.359 e. The van der Waals surface area contributed by atoms with Crippen LogP contribution in [0.3, 0.4) is 0 Å². The predicted octanol–water partition coefficient (Wildman–Crippen LogP) is 1.71. The Kier molecular flexibility index (Phi) is 3.77. The van der Waals surface area contributed by atoms with Crippen LogP contribution in [0.5, 0.6) is 0 Å². The molecule has 0 amide bonds. The first-order chi connectivity index (χ1) is 10.0. The van der Waals surface area contributed by atoms with Crippen molar-refractivity contribution in [2.75, 3.05) is 16.8 Å². The molecule has 2 aromatic rings. The van der Waals surface area contributed by atoms with Gasteiger partial charge in [0.15, 0.2) is 14.9 Å². The molecular weight excluding hydrogens is 306 g/mol. The van der Waals surface area contributed by atoms with Gasteiger partial charge < -0.3 is 10.6 Å². The molecule has 1 aromatic carbocycles. The number of hydrogen-bond donors (Lipinski definition) is 2. The lowest BCUT2D eigenvalue weighted by Gasteiger charge is -2.15. The van der Waals surface area contributed by atoms with Crippen molar-refractivity contribution in [2.45, 2.75) is 12.5 Å². The Labute approximate surface area is 128 Å². The fourth-order valence-electron chi connectivity index (χ4n) is 2.41. The van der Waals surface area contributed by atoms with Crippen LogP contribution in [0.4, 0.5) is 5.69 Å². The molecule has 2 N–H and O–H groups in total. The van der Waals surface area contributed by atoms with Crippen molar-refractivity contribution < 1.29 is 8.42 Å². The Morgan fingerprint density at radius 3 is 2.95 bits per heavy atom. The summed E-state index contributed by atoms with van der Waals surface area (Å²) in [6, 6.07) is 9.54. The number of aromatic nitrogens is 1. The van der Waals surface area contributed by atoms with E-state index < -0.39 is 9.84 Å². The molecule has 0 spiro atoms. The first kappa shape index (κ1) is 14.2. The Bertz CT molecular complexity index is 790. The lowest BCUT2D eigenvalue weighted by atomic mass is 10.2. The van der Waals surface area contributed by atoms with Crippen LogP contribution in [-0.2, 0) is 9.84 Å². The first-order valence-electron chi connectivity index (χ1n) is 6.65. The minimum atomic E-state index is -2.90. The predicted molar refractivity (Wildman–Crippen MR) is 88.2 cm³/mol. The molecule has 0 aliphatic carbocycles. The molecule has 1 aliphatic heterocycles. The van der Waals surface area contributed by atoms with Crippen LogP contribution < -0.4 is 10.6 Å². The Hall–Kier alpha value is -1.73. The summed E-state index contributed by atoms with van der Waals surface area (Å²) in [5.74, 6) is 0.380. The summed E-state index contributed by atoms with van der Waals surface area (Å²) < 4.78 is 22.8. The number of rotatable bonds is 2. The van der Waals surface area contributed by atoms with Gasteiger partial charge in [0.25, 0.3) is 0 Å². The van der Waals surface area contributed by atoms with Crippen molar-refractivity contribution in [3.63, 3.8) is 0 Å². The smallest absolute Gasteiger partial charge is 0.171 e. The highest BCUT2D eigenvalue weighted by Gasteiger charge is 2.28. The molecule has 1 saturated heterocycles. The van der Waals surface area contributed by atoms with Crippen molar-refractivity contribution >= 4 is 43.8 Å². The van der Waals surface area contributed by atoms with E-state index in [-0.39, 0.29) is 17.5 Å². The fraction of sp³-hybridized carbons (Fsp3) is 0.286. The maximum absolute atomic E-state index is 11.4. The molecule has 1 fully saturated rings. The summed E-state index contributed by atoms with van der Waals surface area (Å²) in [6.45, 7) is 0. The van der Waals surface area contributed by atoms with Gasteiger partial charge in [0.1, 0.15) is 0 Å². The summed E-state index contributed by atoms with van der Waals surface area (Å²) in [5.41, 5.74) is 1.78. The van der Waals surface area contributed by atoms with Gasteiger partial charge in [-0.25, -0.2) is 8.42 Å². The molecule has 5 nitrogen and oxygen atoms in total. The maximum Gasteiger partial charge on any atom is 0.171 e. The molecule has 0 bridgehead atoms. The lowest BCUT2D eigenvalue weighted by molar-refractivity contribution is 0.600. The van der Waals surface area contributed by atoms with Crippen molar-refractivity contribution in [2.24, 2.45) is 0 Å². The van der Waals surface area contributed by atoms with Gasteiger partial charge in [-0.1, -0.05) is 6.07 Å². The summed E-state index contributed by atoms with van der Waals surface area (Å²) in [6.07, 6.45) is 2.36. The minimum absolute atomic E-state index is 0.0999. The summed E-state index contributed by atoms with van der Waals surface area (Å²) in [7, 11) is -2.90. The van der Waals surface area contributed by atoms with E-state index in [1.807, 2.05) is 30.3 Å². The highest BCUT2D eigenvalue weighted by Crippen LogP contribution is 2.17. The zero-order valence-electron chi connectivity index (χ0n) is 11.2. The number of benzene rings is 1. The van der Waals surface area contributed by atoms with Gasteiger partial charge in [-0.3, -0.25) is 4.98 Å². The molecule has 1 aromatic heterocycles. The largest absolute Gasteiger partial charge is 0.359 e. The Balaban J connectivity index is 1.66. The third-order valence-electron chi connectivity index (χ3n) is 3.43. The number of sulfone groups is 1. The second-order valence-electron chi connectivity index (χ2n) is 5.11. The quantitative estimate of drug-likeness (QED) is 0.821. The molecule has 0 unspecified atom stereocenters. The van der Waals surface area contributed by atoms with E-state index in [0.717, 1.165) is 16.6 Å². The van der Waals surface area contributed by atoms with E-state index in [2.05, 4.69) is 15.6 Å². The van der Waals surface area contributed by atoms with Gasteiger partial charge in [0.2, 0.25) is 0 Å². The summed E-state index contributed by atoms with van der Waals surface area (Å²) in [5, 5.41) is 7.61. The van der Waals surface area contributed by atoms with Gasteiger partial charge in [-0.2, -0.15) is 0 Å². The van der Waals surface area contributed by atoms with Crippen LogP contribution in [0.1, 0.15) is 6.42 Å². The van der Waals surface area contributed by atoms with E-state index in [9.17, 15) is 8.42 Å². The molecule has 2 heterocycles. The van der Waals surface area contributed by atoms with E-state index in [1.54, 1.807) is 6.20 Å². The molecule has 7 heteroatoms. The number of thiocarbonyl (C=S) groups is 1. The molecule has 21 heavy (non-hydrogen) atoms. The van der Waals surface area contributed by atoms with E-state index >= 15 is 0 Å². The summed E-state index contributed by atoms with van der Waals surface area (Å²) in [4.78, 5) is 4.26. The standard InChI is InChI=1S/C14H15N3O2S2/c18-21(19)7-5-12(9-21)17-14(20)16-11-3-4-13-10(8-11)2-1-6-15-13/h1-4,6,8,12H,5,7,9H2,(H2,16,17,20)/t12-/m1/s1. The normalized spacial score (nSPS) is 20.3. The highest BCUT2D eigenvalue weighted by molar-refractivity contribution is 7.91. The number of fused-ring (bicyclic) bond motifs is 1. The van der Waals surface area contributed by atoms with Gasteiger partial charge in [-0.05, 0) is 42.9 Å². The van der Waals surface area contributed by atoms with Crippen molar-refractivity contribution in [3.05, 3.63) is 36.5 Å². The van der Waals surface area contributed by atoms with Crippen LogP contribution in [0.15, 0.2) is 36.5 Å². The van der Waals surface area contributed by atoms with Gasteiger partial charge in [0.05, 0.1) is 17.0 Å². The monoisotopic (exact) mass is 321 g/mol. The van der Waals surface area contributed by atoms with Crippen molar-refractivity contribution in [1.29, 1.82) is 0 Å². The summed E-state index contributed by atoms with van der Waals surface area (Å²) >= 11 is 5.24. The molecule has 1 atom stereocenters. The van der Waals surface area contributed by atoms with Crippen LogP contribution in [0.25, 0.3) is 10.9 Å². The third-order valence-corrected chi connectivity index (χ3v) is 5.42. The maximum atomic E-state index is 11.4. The Morgan fingerprint density at radius 2 is 2.19 bits per heavy atom. The molecule has 0 saturated carbocycles. The van der Waals surface area contributed by atoms with Gasteiger partial charge in [-0.15, -0.1) is 0 Å². The SMILES string of the molecule is O=S1(=O)CC[C@@H](NC(=S)Nc2ccc3ncccc3c2)C1. The zero-order valence-corrected chi connectivity index (χ0v) is 12.9. The van der Waals surface area contributed by atoms with Gasteiger partial charge >= 0.3 is 0 Å². The third kappa shape index (κ3) is 3.48. The number of nitrogens with one attached hydrogen (secondary N) is 2. The van der Waals surface area contributed by atoms with E-state index in [1.165, 1.54) is 0 Å². The van der Waals surface area contributed by atoms with Crippen LogP contribution in [0, 0.1) is 0 Å². The molecule has 110 valence electrons. The van der Waals surface area contributed by atoms with E-state index in [0.29, 0.717) is 11.5 Å². The molecular formula is C14H15N3O2S2. The number of pyridine rings is 1. The van der Waals surface area contributed by atoms with E-state index in [4.69, 9.17) is 12.2 Å². The number of anilines is 1. The fourth-order valence-corrected chi connectivity index (χ4v) is 4.37. The molecule has 0 radical (unpaired) electrons. The van der Waals surface area contributed by atoms with Crippen molar-refractivity contribution in [3.8, 4) is 0 Å². The van der Waals surface area contributed by atoms with Gasteiger partial charge in [0, 0.05) is 23.3 Å². The van der Waals surface area contributed by atoms with Crippen LogP contribution in [-0.4, -0.2) is 36.1 Å². The topological polar surface area (TPSA) is 71.1 Å². The second-order valence-corrected chi connectivity index (χ2v) is 7.75. The zero-order chi connectivity index (χ0) is 14.9. The molecule has 1 aliphatic rings. The molecule has 3 rings (SSSR count). The number of nitrogens with zero attached hydrogens (tertiary/aromatic N) is 1.